The van der Waals surface area contributed by atoms with Gasteiger partial charge in [-0.3, -0.25) is 9.36 Å². The van der Waals surface area contributed by atoms with Gasteiger partial charge in [0.25, 0.3) is 5.56 Å². The summed E-state index contributed by atoms with van der Waals surface area (Å²) in [6.45, 7) is 4.94. The third-order valence-corrected chi connectivity index (χ3v) is 5.09. The van der Waals surface area contributed by atoms with Crippen LogP contribution in [0.25, 0.3) is 10.9 Å². The molecule has 0 unspecified atom stereocenters. The molecule has 0 aliphatic carbocycles. The second kappa shape index (κ2) is 8.70. The zero-order valence-corrected chi connectivity index (χ0v) is 16.3. The molecular weight excluding hydrogens is 358 g/mol. The molecule has 25 heavy (non-hydrogen) atoms. The predicted octanol–water partition coefficient (Wildman–Crippen LogP) is 4.12. The molecule has 0 radical (unpaired) electrons. The lowest BCUT2D eigenvalue weighted by Crippen LogP contribution is -2.24. The number of halogens is 1. The molecule has 5 nitrogen and oxygen atoms in total. The van der Waals surface area contributed by atoms with E-state index in [-0.39, 0.29) is 5.56 Å². The van der Waals surface area contributed by atoms with Gasteiger partial charge in [-0.1, -0.05) is 23.4 Å². The van der Waals surface area contributed by atoms with Crippen LogP contribution in [-0.4, -0.2) is 29.0 Å². The molecule has 0 bridgehead atoms. The number of ether oxygens (including phenoxy) is 1. The van der Waals surface area contributed by atoms with Gasteiger partial charge in [0.1, 0.15) is 0 Å². The van der Waals surface area contributed by atoms with Gasteiger partial charge in [0.2, 0.25) is 0 Å². The van der Waals surface area contributed by atoms with Crippen LogP contribution >= 0.6 is 23.4 Å². The summed E-state index contributed by atoms with van der Waals surface area (Å²) in [5.41, 5.74) is 0.135. The van der Waals surface area contributed by atoms with Crippen LogP contribution in [0.15, 0.2) is 28.2 Å². The van der Waals surface area contributed by atoms with Crippen molar-refractivity contribution < 1.29 is 4.74 Å². The highest BCUT2D eigenvalue weighted by molar-refractivity contribution is 7.99. The lowest BCUT2D eigenvalue weighted by Gasteiger charge is -2.16. The zero-order valence-electron chi connectivity index (χ0n) is 14.7. The molecule has 0 amide bonds. The Bertz CT molecular complexity index is 843. The molecular formula is C18H22ClN3O2S. The third-order valence-electron chi connectivity index (χ3n) is 3.87. The van der Waals surface area contributed by atoms with Crippen molar-refractivity contribution in [1.29, 1.82) is 5.26 Å². The van der Waals surface area contributed by atoms with Crippen LogP contribution in [-0.2, 0) is 11.3 Å². The lowest BCUT2D eigenvalue weighted by molar-refractivity contribution is 0.189. The molecule has 0 saturated heterocycles. The van der Waals surface area contributed by atoms with Crippen molar-refractivity contribution in [2.24, 2.45) is 5.41 Å². The summed E-state index contributed by atoms with van der Waals surface area (Å²) in [6, 6.07) is 7.42. The summed E-state index contributed by atoms with van der Waals surface area (Å²) in [5, 5.41) is 10.9. The van der Waals surface area contributed by atoms with E-state index in [1.54, 1.807) is 29.9 Å². The molecule has 0 saturated carbocycles. The number of nitrogens with zero attached hydrogens (tertiary/aromatic N) is 3. The molecule has 1 heterocycles. The minimum absolute atomic E-state index is 0.0696. The molecule has 0 fully saturated rings. The summed E-state index contributed by atoms with van der Waals surface area (Å²) < 4.78 is 6.78. The van der Waals surface area contributed by atoms with Crippen molar-refractivity contribution in [2.75, 3.05) is 19.5 Å². The Hall–Kier alpha value is -1.55. The van der Waals surface area contributed by atoms with E-state index in [1.807, 2.05) is 13.8 Å². The van der Waals surface area contributed by atoms with Crippen molar-refractivity contribution in [2.45, 2.75) is 38.4 Å². The van der Waals surface area contributed by atoms with Gasteiger partial charge in [0.05, 0.1) is 22.4 Å². The van der Waals surface area contributed by atoms with Gasteiger partial charge in [0.15, 0.2) is 5.16 Å². The number of aromatic nitrogens is 2. The predicted molar refractivity (Wildman–Crippen MR) is 102 cm³/mol. The number of hydrogen-bond acceptors (Lipinski definition) is 5. The maximum atomic E-state index is 12.8. The van der Waals surface area contributed by atoms with Gasteiger partial charge in [-0.25, -0.2) is 4.98 Å². The van der Waals surface area contributed by atoms with Crippen molar-refractivity contribution in [3.8, 4) is 6.07 Å². The summed E-state index contributed by atoms with van der Waals surface area (Å²) in [6.07, 6.45) is 1.45. The van der Waals surface area contributed by atoms with E-state index in [2.05, 4.69) is 11.1 Å². The molecule has 7 heteroatoms. The summed E-state index contributed by atoms with van der Waals surface area (Å²) in [7, 11) is 1.64. The minimum Gasteiger partial charge on any atom is -0.385 e. The minimum atomic E-state index is -0.395. The monoisotopic (exact) mass is 379 g/mol. The second-order valence-corrected chi connectivity index (χ2v) is 7.95. The Morgan fingerprint density at radius 3 is 2.88 bits per heavy atom. The van der Waals surface area contributed by atoms with Crippen LogP contribution < -0.4 is 5.56 Å². The van der Waals surface area contributed by atoms with Crippen LogP contribution in [0.1, 0.15) is 26.7 Å². The number of methoxy groups -OCH3 is 1. The summed E-state index contributed by atoms with van der Waals surface area (Å²) in [4.78, 5) is 17.5. The molecule has 1 aromatic carbocycles. The molecule has 0 N–H and O–H groups in total. The fourth-order valence-electron chi connectivity index (χ4n) is 2.30. The maximum Gasteiger partial charge on any atom is 0.262 e. The molecule has 0 aliphatic heterocycles. The number of rotatable bonds is 8. The van der Waals surface area contributed by atoms with Crippen molar-refractivity contribution in [1.82, 2.24) is 9.55 Å². The van der Waals surface area contributed by atoms with Gasteiger partial charge in [-0.05, 0) is 44.9 Å². The fraction of sp³-hybridized carbons (Fsp3) is 0.500. The number of thioether (sulfide) groups is 1. The van der Waals surface area contributed by atoms with Crippen LogP contribution in [0, 0.1) is 16.7 Å². The molecule has 2 aromatic rings. The average molecular weight is 380 g/mol. The molecule has 1 aromatic heterocycles. The topological polar surface area (TPSA) is 67.9 Å². The van der Waals surface area contributed by atoms with Crippen molar-refractivity contribution >= 4 is 34.3 Å². The van der Waals surface area contributed by atoms with Crippen molar-refractivity contribution in [3.05, 3.63) is 33.6 Å². The normalized spacial score (nSPS) is 11.6. The van der Waals surface area contributed by atoms with Gasteiger partial charge in [0, 0.05) is 31.0 Å². The third kappa shape index (κ3) is 5.21. The highest BCUT2D eigenvalue weighted by Gasteiger charge is 2.18. The van der Waals surface area contributed by atoms with Crippen LogP contribution in [0.5, 0.6) is 0 Å². The van der Waals surface area contributed by atoms with Crippen LogP contribution in [0.2, 0.25) is 5.02 Å². The highest BCUT2D eigenvalue weighted by Crippen LogP contribution is 2.26. The van der Waals surface area contributed by atoms with Gasteiger partial charge in [-0.15, -0.1) is 0 Å². The number of benzene rings is 1. The van der Waals surface area contributed by atoms with Gasteiger partial charge >= 0.3 is 0 Å². The Labute approximate surface area is 157 Å². The van der Waals surface area contributed by atoms with E-state index in [0.29, 0.717) is 40.0 Å². The highest BCUT2D eigenvalue weighted by atomic mass is 35.5. The smallest absolute Gasteiger partial charge is 0.262 e. The van der Waals surface area contributed by atoms with E-state index in [4.69, 9.17) is 21.6 Å². The first kappa shape index (κ1) is 19.8. The molecule has 0 spiro atoms. The molecule has 2 rings (SSSR count). The zero-order chi connectivity index (χ0) is 18.4. The van der Waals surface area contributed by atoms with Crippen LogP contribution in [0.4, 0.5) is 0 Å². The lowest BCUT2D eigenvalue weighted by atomic mass is 9.93. The Morgan fingerprint density at radius 1 is 1.44 bits per heavy atom. The maximum absolute atomic E-state index is 12.8. The largest absolute Gasteiger partial charge is 0.385 e. The Balaban J connectivity index is 2.35. The van der Waals surface area contributed by atoms with E-state index in [0.717, 1.165) is 12.8 Å². The number of nitriles is 1. The van der Waals surface area contributed by atoms with Crippen molar-refractivity contribution in [3.63, 3.8) is 0 Å². The van der Waals surface area contributed by atoms with E-state index < -0.39 is 5.41 Å². The van der Waals surface area contributed by atoms with Gasteiger partial charge in [-0.2, -0.15) is 5.26 Å². The quantitative estimate of drug-likeness (QED) is 0.392. The Kier molecular flexibility index (Phi) is 6.88. The number of hydrogen-bond donors (Lipinski definition) is 0. The first-order chi connectivity index (χ1) is 11.9. The summed E-state index contributed by atoms with van der Waals surface area (Å²) in [5.74, 6) is 0.712. The summed E-state index contributed by atoms with van der Waals surface area (Å²) >= 11 is 7.54. The molecule has 0 aliphatic rings. The standard InChI is InChI=1S/C18H22ClN3O2S/c1-18(2,12-20)7-10-25-17-21-15-11-13(19)5-6-14(15)16(23)22(17)8-4-9-24-3/h5-6,11H,4,7-10H2,1-3H3. The second-order valence-electron chi connectivity index (χ2n) is 6.45. The first-order valence-electron chi connectivity index (χ1n) is 8.11. The van der Waals surface area contributed by atoms with E-state index in [9.17, 15) is 4.79 Å². The molecule has 0 atom stereocenters. The van der Waals surface area contributed by atoms with Crippen LogP contribution in [0.3, 0.4) is 0 Å². The SMILES string of the molecule is COCCCn1c(SCCC(C)(C)C#N)nc2cc(Cl)ccc2c1=O. The molecule has 134 valence electrons. The average Bonchev–Trinajstić information content (AvgIpc) is 2.57. The Morgan fingerprint density at radius 2 is 2.20 bits per heavy atom. The van der Waals surface area contributed by atoms with Gasteiger partial charge < -0.3 is 4.74 Å². The van der Waals surface area contributed by atoms with E-state index in [1.165, 1.54) is 11.8 Å². The van der Waals surface area contributed by atoms with E-state index >= 15 is 0 Å². The first-order valence-corrected chi connectivity index (χ1v) is 9.47. The number of fused-ring (bicyclic) bond motifs is 1. The fourth-order valence-corrected chi connectivity index (χ4v) is 3.76.